The Kier molecular flexibility index (Phi) is 3.62. The second-order valence-electron chi connectivity index (χ2n) is 1.15. The zero-order chi connectivity index (χ0) is 6.41. The molecule has 0 heterocycles. The molecule has 0 saturated heterocycles. The van der Waals surface area contributed by atoms with Gasteiger partial charge in [-0.2, -0.15) is 0 Å². The zero-order valence-electron chi connectivity index (χ0n) is 4.50. The largest absolute Gasteiger partial charge is 0.341 e. The molecule has 0 aliphatic heterocycles. The lowest BCUT2D eigenvalue weighted by molar-refractivity contribution is -0.197. The average molecular weight is 112 g/mol. The molecular weight excluding hydrogens is 104 g/mol. The topological polar surface area (TPSA) is 29.5 Å². The molecule has 0 saturated carbocycles. The lowest BCUT2D eigenvalue weighted by Crippen LogP contribution is -1.75. The van der Waals surface area contributed by atoms with Crippen molar-refractivity contribution in [3.63, 3.8) is 0 Å². The molecule has 0 bridgehead atoms. The van der Waals surface area contributed by atoms with Crippen LogP contribution in [-0.2, 0) is 4.89 Å². The third-order valence-corrected chi connectivity index (χ3v) is 0.535. The van der Waals surface area contributed by atoms with Gasteiger partial charge in [-0.25, -0.2) is 5.26 Å². The van der Waals surface area contributed by atoms with Gasteiger partial charge in [0.2, 0.25) is 0 Å². The van der Waals surface area contributed by atoms with Crippen LogP contribution in [0.3, 0.4) is 0 Å². The van der Waals surface area contributed by atoms with Crippen LogP contribution in [0.25, 0.3) is 0 Å². The van der Waals surface area contributed by atoms with Gasteiger partial charge in [0, 0.05) is 0 Å². The first-order chi connectivity index (χ1) is 3.81. The summed E-state index contributed by atoms with van der Waals surface area (Å²) in [6.45, 7) is 6.71. The Labute approximate surface area is 48.3 Å². The minimum absolute atomic E-state index is 0.199. The first kappa shape index (κ1) is 6.98. The highest BCUT2D eigenvalue weighted by atomic mass is 17.1. The van der Waals surface area contributed by atoms with E-state index in [1.165, 1.54) is 6.08 Å². The molecule has 0 unspecified atom stereocenters. The molecule has 0 aromatic carbocycles. The van der Waals surface area contributed by atoms with E-state index in [-0.39, 0.29) is 5.76 Å². The van der Waals surface area contributed by atoms with Crippen LogP contribution < -0.4 is 0 Å². The van der Waals surface area contributed by atoms with E-state index >= 15 is 0 Å². The van der Waals surface area contributed by atoms with Crippen molar-refractivity contribution in [1.82, 2.24) is 0 Å². The molecule has 0 aromatic heterocycles. The molecule has 1 N–H and O–H groups in total. The molecule has 0 atom stereocenters. The molecule has 0 aliphatic rings. The maximum absolute atomic E-state index is 7.88. The molecule has 2 heteroatoms. The Balaban J connectivity index is 3.52. The average Bonchev–Trinajstić information content (AvgIpc) is 1.83. The Morgan fingerprint density at radius 3 is 2.62 bits per heavy atom. The van der Waals surface area contributed by atoms with Crippen LogP contribution in [0.2, 0.25) is 0 Å². The van der Waals surface area contributed by atoms with Gasteiger partial charge in [-0.05, 0) is 6.08 Å². The van der Waals surface area contributed by atoms with E-state index in [2.05, 4.69) is 18.0 Å². The third-order valence-electron chi connectivity index (χ3n) is 0.535. The molecule has 0 amide bonds. The minimum atomic E-state index is 0.199. The van der Waals surface area contributed by atoms with Crippen LogP contribution in [-0.4, -0.2) is 5.26 Å². The fourth-order valence-electron chi connectivity index (χ4n) is 0.206. The van der Waals surface area contributed by atoms with Gasteiger partial charge in [-0.1, -0.05) is 25.3 Å². The van der Waals surface area contributed by atoms with E-state index in [1.807, 2.05) is 0 Å². The lowest BCUT2D eigenvalue weighted by Gasteiger charge is -1.88. The Morgan fingerprint density at radius 1 is 1.62 bits per heavy atom. The normalized spacial score (nSPS) is 9.12. The van der Waals surface area contributed by atoms with Crippen LogP contribution in [0.4, 0.5) is 0 Å². The van der Waals surface area contributed by atoms with Gasteiger partial charge < -0.3 is 4.89 Å². The van der Waals surface area contributed by atoms with Crippen molar-refractivity contribution in [2.75, 3.05) is 0 Å². The number of hydrogen-bond acceptors (Lipinski definition) is 2. The summed E-state index contributed by atoms with van der Waals surface area (Å²) >= 11 is 0. The van der Waals surface area contributed by atoms with Crippen LogP contribution >= 0.6 is 0 Å². The third kappa shape index (κ3) is 3.18. The second kappa shape index (κ2) is 4.15. The fraction of sp³-hybridized carbons (Fsp3) is 0. The summed E-state index contributed by atoms with van der Waals surface area (Å²) < 4.78 is 0. The van der Waals surface area contributed by atoms with E-state index in [0.29, 0.717) is 0 Å². The van der Waals surface area contributed by atoms with E-state index in [1.54, 1.807) is 12.2 Å². The molecule has 0 spiro atoms. The van der Waals surface area contributed by atoms with Crippen molar-refractivity contribution in [3.05, 3.63) is 37.1 Å². The lowest BCUT2D eigenvalue weighted by atomic mass is 10.4. The molecule has 2 nitrogen and oxygen atoms in total. The van der Waals surface area contributed by atoms with Crippen LogP contribution in [0.5, 0.6) is 0 Å². The Hall–Kier alpha value is -1.02. The van der Waals surface area contributed by atoms with Crippen LogP contribution in [0, 0.1) is 0 Å². The Bertz CT molecular complexity index is 114. The summed E-state index contributed by atoms with van der Waals surface area (Å²) in [5, 5.41) is 7.88. The summed E-state index contributed by atoms with van der Waals surface area (Å²) in [5.74, 6) is 0.199. The highest BCUT2D eigenvalue weighted by molar-refractivity contribution is 5.11. The maximum atomic E-state index is 7.88. The fourth-order valence-corrected chi connectivity index (χ4v) is 0.206. The molecule has 0 aromatic rings. The van der Waals surface area contributed by atoms with Gasteiger partial charge in [0.25, 0.3) is 0 Å². The monoisotopic (exact) mass is 112 g/mol. The predicted molar refractivity (Wildman–Crippen MR) is 32.2 cm³/mol. The van der Waals surface area contributed by atoms with Gasteiger partial charge in [0.05, 0.1) is 0 Å². The van der Waals surface area contributed by atoms with Crippen molar-refractivity contribution in [3.8, 4) is 0 Å². The molecule has 0 rings (SSSR count). The second-order valence-corrected chi connectivity index (χ2v) is 1.15. The number of hydrogen-bond donors (Lipinski definition) is 1. The van der Waals surface area contributed by atoms with Gasteiger partial charge >= 0.3 is 0 Å². The van der Waals surface area contributed by atoms with Gasteiger partial charge in [0.15, 0.2) is 5.76 Å². The quantitative estimate of drug-likeness (QED) is 0.261. The van der Waals surface area contributed by atoms with Gasteiger partial charge in [-0.3, -0.25) is 0 Å². The summed E-state index contributed by atoms with van der Waals surface area (Å²) in [6.07, 6.45) is 4.66. The van der Waals surface area contributed by atoms with Crippen molar-refractivity contribution >= 4 is 0 Å². The molecule has 0 radical (unpaired) electrons. The smallest absolute Gasteiger partial charge is 0.157 e. The maximum Gasteiger partial charge on any atom is 0.157 e. The van der Waals surface area contributed by atoms with Crippen LogP contribution in [0.1, 0.15) is 0 Å². The molecule has 44 valence electrons. The van der Waals surface area contributed by atoms with E-state index in [4.69, 9.17) is 5.26 Å². The first-order valence-corrected chi connectivity index (χ1v) is 2.10. The van der Waals surface area contributed by atoms with Crippen molar-refractivity contribution in [2.24, 2.45) is 0 Å². The summed E-state index contributed by atoms with van der Waals surface area (Å²) in [4.78, 5) is 3.72. The van der Waals surface area contributed by atoms with E-state index in [0.717, 1.165) is 0 Å². The molecule has 0 aliphatic carbocycles. The zero-order valence-corrected chi connectivity index (χ0v) is 4.50. The molecule has 8 heavy (non-hydrogen) atoms. The molecular formula is C6H8O2. The van der Waals surface area contributed by atoms with Gasteiger partial charge in [0.1, 0.15) is 0 Å². The van der Waals surface area contributed by atoms with Crippen molar-refractivity contribution in [2.45, 2.75) is 0 Å². The predicted octanol–water partition coefficient (Wildman–Crippen LogP) is 1.73. The summed E-state index contributed by atoms with van der Waals surface area (Å²) in [5.41, 5.74) is 0. The summed E-state index contributed by atoms with van der Waals surface area (Å²) in [6, 6.07) is 0. The molecule has 0 fully saturated rings. The highest BCUT2D eigenvalue weighted by Gasteiger charge is 1.78. The van der Waals surface area contributed by atoms with Crippen molar-refractivity contribution < 1.29 is 10.1 Å². The number of rotatable bonds is 3. The first-order valence-electron chi connectivity index (χ1n) is 2.10. The Morgan fingerprint density at radius 2 is 2.25 bits per heavy atom. The van der Waals surface area contributed by atoms with Crippen molar-refractivity contribution in [1.29, 1.82) is 0 Å². The van der Waals surface area contributed by atoms with E-state index < -0.39 is 0 Å². The number of allylic oxidation sites excluding steroid dienone is 3. The van der Waals surface area contributed by atoms with Gasteiger partial charge in [-0.15, -0.1) is 0 Å². The standard InChI is InChI=1S/C6H8O2/c1-3-4-5-6(2)8-7/h3-5,7H,1-2H2/b5-4-. The minimum Gasteiger partial charge on any atom is -0.341 e. The highest BCUT2D eigenvalue weighted by Crippen LogP contribution is 1.90. The van der Waals surface area contributed by atoms with E-state index in [9.17, 15) is 0 Å². The summed E-state index contributed by atoms with van der Waals surface area (Å²) in [7, 11) is 0. The van der Waals surface area contributed by atoms with Crippen LogP contribution in [0.15, 0.2) is 37.1 Å². The SMILES string of the molecule is C=C/C=C\C(=C)OO.